The van der Waals surface area contributed by atoms with Crippen LogP contribution >= 0.6 is 0 Å². The number of hydrogen-bond donors (Lipinski definition) is 2. The number of aliphatic carboxylic acids is 2. The molecule has 226 valence electrons. The van der Waals surface area contributed by atoms with Crippen LogP contribution in [0, 0.1) is 0 Å². The third kappa shape index (κ3) is 8.63. The lowest BCUT2D eigenvalue weighted by atomic mass is 9.88. The van der Waals surface area contributed by atoms with Gasteiger partial charge in [-0.1, -0.05) is 0 Å². The van der Waals surface area contributed by atoms with Gasteiger partial charge >= 0.3 is 24.3 Å². The molecule has 2 aliphatic heterocycles. The summed E-state index contributed by atoms with van der Waals surface area (Å²) >= 11 is 0. The molecule has 1 spiro atoms. The number of hydrogen-bond acceptors (Lipinski definition) is 7. The van der Waals surface area contributed by atoms with E-state index in [0.717, 1.165) is 5.82 Å². The number of nitrogens with zero attached hydrogens (tertiary/aromatic N) is 5. The van der Waals surface area contributed by atoms with E-state index in [-0.39, 0.29) is 11.8 Å². The number of carboxylic acid groups (broad SMARTS) is 2. The molecule has 1 unspecified atom stereocenters. The maximum atomic E-state index is 12.7. The number of aromatic nitrogens is 3. The second-order valence-electron chi connectivity index (χ2n) is 8.88. The molecular weight excluding hydrogens is 572 g/mol. The highest BCUT2D eigenvalue weighted by Crippen LogP contribution is 2.40. The van der Waals surface area contributed by atoms with Crippen molar-refractivity contribution in [1.29, 1.82) is 0 Å². The highest BCUT2D eigenvalue weighted by Gasteiger charge is 2.48. The first-order valence-electron chi connectivity index (χ1n) is 11.6. The van der Waals surface area contributed by atoms with Crippen LogP contribution in [-0.2, 0) is 31.3 Å². The van der Waals surface area contributed by atoms with Crippen LogP contribution in [0.3, 0.4) is 0 Å². The minimum Gasteiger partial charge on any atom is -0.475 e. The van der Waals surface area contributed by atoms with E-state index in [0.29, 0.717) is 38.0 Å². The van der Waals surface area contributed by atoms with Crippen molar-refractivity contribution in [2.75, 3.05) is 27.2 Å². The molecule has 4 heterocycles. The van der Waals surface area contributed by atoms with Gasteiger partial charge in [-0.05, 0) is 12.1 Å². The fraction of sp³-hybridized carbons (Fsp3) is 0.478. The zero-order valence-electron chi connectivity index (χ0n) is 21.5. The lowest BCUT2D eigenvalue weighted by molar-refractivity contribution is -0.193. The Bertz CT molecular complexity index is 1200. The lowest BCUT2D eigenvalue weighted by Crippen LogP contribution is -2.54. The molecule has 0 aromatic carbocycles. The molecule has 41 heavy (non-hydrogen) atoms. The van der Waals surface area contributed by atoms with Crippen molar-refractivity contribution < 1.29 is 60.5 Å². The predicted octanol–water partition coefficient (Wildman–Crippen LogP) is 2.16. The van der Waals surface area contributed by atoms with Crippen molar-refractivity contribution in [1.82, 2.24) is 24.3 Å². The van der Waals surface area contributed by atoms with Crippen LogP contribution in [0.4, 0.5) is 26.3 Å². The van der Waals surface area contributed by atoms with Gasteiger partial charge in [-0.25, -0.2) is 14.6 Å². The largest absolute Gasteiger partial charge is 0.490 e. The topological polar surface area (TPSA) is 155 Å². The highest BCUT2D eigenvalue weighted by molar-refractivity contribution is 5.94. The standard InChI is InChI=1S/C19H23N5O3.2C2HF3O2/c1-22(2)17(26)15-13-24-11-8-21-18(24)19(27-15)5-9-23(10-6-19)16(25)14-4-3-7-20-12-14;2*3-2(4,5)1(6)7/h3-4,7-8,11-12,15H,5-6,9-10,13H2,1-2H3;2*(H,6,7). The lowest BCUT2D eigenvalue weighted by Gasteiger charge is -2.45. The van der Waals surface area contributed by atoms with E-state index in [4.69, 9.17) is 24.5 Å². The van der Waals surface area contributed by atoms with Crippen LogP contribution in [0.25, 0.3) is 0 Å². The van der Waals surface area contributed by atoms with E-state index < -0.39 is 36.0 Å². The van der Waals surface area contributed by atoms with Crippen LogP contribution in [0.5, 0.6) is 0 Å². The van der Waals surface area contributed by atoms with E-state index >= 15 is 0 Å². The van der Waals surface area contributed by atoms with Gasteiger partial charge in [0.05, 0.1) is 12.1 Å². The molecule has 1 saturated heterocycles. The Kier molecular flexibility index (Phi) is 10.4. The number of pyridine rings is 1. The number of carbonyl (C=O) groups excluding carboxylic acids is 2. The Morgan fingerprint density at radius 3 is 1.98 bits per heavy atom. The number of amides is 2. The fourth-order valence-electron chi connectivity index (χ4n) is 3.90. The van der Waals surface area contributed by atoms with Crippen molar-refractivity contribution in [3.63, 3.8) is 0 Å². The Morgan fingerprint density at radius 2 is 1.54 bits per heavy atom. The van der Waals surface area contributed by atoms with Gasteiger partial charge in [-0.2, -0.15) is 26.3 Å². The summed E-state index contributed by atoms with van der Waals surface area (Å²) in [7, 11) is 3.47. The summed E-state index contributed by atoms with van der Waals surface area (Å²) in [6.45, 7) is 1.55. The molecule has 0 bridgehead atoms. The van der Waals surface area contributed by atoms with Gasteiger partial charge in [0.1, 0.15) is 11.4 Å². The number of fused-ring (bicyclic) bond motifs is 2. The SMILES string of the molecule is CN(C)C(=O)C1Cn2ccnc2C2(CCN(C(=O)c3cccnc3)CC2)O1.O=C(O)C(F)(F)F.O=C(O)C(F)(F)F. The molecule has 12 nitrogen and oxygen atoms in total. The Hall–Kier alpha value is -4.22. The maximum absolute atomic E-state index is 12.7. The summed E-state index contributed by atoms with van der Waals surface area (Å²) in [5, 5.41) is 14.2. The van der Waals surface area contributed by atoms with Gasteiger partial charge in [0, 0.05) is 64.8 Å². The molecule has 2 aromatic rings. The van der Waals surface area contributed by atoms with Crippen molar-refractivity contribution in [3.05, 3.63) is 48.3 Å². The summed E-state index contributed by atoms with van der Waals surface area (Å²) in [5.74, 6) is -4.75. The number of ether oxygens (including phenoxy) is 1. The molecule has 4 rings (SSSR count). The van der Waals surface area contributed by atoms with Gasteiger partial charge in [0.25, 0.3) is 11.8 Å². The molecule has 18 heteroatoms. The number of piperidine rings is 1. The average Bonchev–Trinajstić information content (AvgIpc) is 3.38. The van der Waals surface area contributed by atoms with Crippen molar-refractivity contribution in [2.24, 2.45) is 0 Å². The van der Waals surface area contributed by atoms with Gasteiger partial charge < -0.3 is 29.3 Å². The summed E-state index contributed by atoms with van der Waals surface area (Å²) < 4.78 is 71.8. The average molecular weight is 597 g/mol. The first-order chi connectivity index (χ1) is 18.9. The number of halogens is 6. The molecule has 2 N–H and O–H groups in total. The number of carbonyl (C=O) groups is 4. The first-order valence-corrected chi connectivity index (χ1v) is 11.6. The summed E-state index contributed by atoms with van der Waals surface area (Å²) in [6.07, 6.45) is -2.62. The maximum Gasteiger partial charge on any atom is 0.490 e. The monoisotopic (exact) mass is 597 g/mol. The number of rotatable bonds is 2. The normalized spacial score (nSPS) is 17.7. The second-order valence-corrected chi connectivity index (χ2v) is 8.88. The quantitative estimate of drug-likeness (QED) is 0.496. The van der Waals surface area contributed by atoms with Crippen LogP contribution in [0.2, 0.25) is 0 Å². The van der Waals surface area contributed by atoms with E-state index in [1.807, 2.05) is 15.7 Å². The van der Waals surface area contributed by atoms with Crippen LogP contribution in [-0.4, -0.2) is 104 Å². The summed E-state index contributed by atoms with van der Waals surface area (Å²) in [4.78, 5) is 54.9. The van der Waals surface area contributed by atoms with E-state index in [9.17, 15) is 35.9 Å². The van der Waals surface area contributed by atoms with Gasteiger partial charge in [-0.15, -0.1) is 0 Å². The molecule has 1 fully saturated rings. The Balaban J connectivity index is 0.000000349. The van der Waals surface area contributed by atoms with Gasteiger partial charge in [0.15, 0.2) is 6.10 Å². The molecule has 2 amide bonds. The molecule has 0 radical (unpaired) electrons. The van der Waals surface area contributed by atoms with Crippen LogP contribution in [0.1, 0.15) is 29.0 Å². The third-order valence-corrected chi connectivity index (χ3v) is 5.82. The summed E-state index contributed by atoms with van der Waals surface area (Å²) in [5.41, 5.74) is -0.0516. The number of alkyl halides is 6. The molecule has 0 aliphatic carbocycles. The first kappa shape index (κ1) is 33.0. The van der Waals surface area contributed by atoms with E-state index in [2.05, 4.69) is 9.97 Å². The number of imidazole rings is 1. The zero-order valence-corrected chi connectivity index (χ0v) is 21.5. The zero-order chi connectivity index (χ0) is 31.2. The molecule has 2 aromatic heterocycles. The van der Waals surface area contributed by atoms with Crippen LogP contribution in [0.15, 0.2) is 36.9 Å². The number of carboxylic acids is 2. The minimum absolute atomic E-state index is 0.0296. The highest BCUT2D eigenvalue weighted by atomic mass is 19.4. The minimum atomic E-state index is -5.08. The molecular formula is C23H25F6N5O7. The summed E-state index contributed by atoms with van der Waals surface area (Å²) in [6, 6.07) is 3.53. The van der Waals surface area contributed by atoms with E-state index in [1.54, 1.807) is 49.7 Å². The van der Waals surface area contributed by atoms with Crippen molar-refractivity contribution in [2.45, 2.75) is 43.4 Å². The number of likely N-dealkylation sites (N-methyl/N-ethyl adjacent to an activating group) is 1. The van der Waals surface area contributed by atoms with E-state index in [1.165, 1.54) is 0 Å². The van der Waals surface area contributed by atoms with Crippen molar-refractivity contribution in [3.8, 4) is 0 Å². The predicted molar refractivity (Wildman–Crippen MR) is 124 cm³/mol. The smallest absolute Gasteiger partial charge is 0.475 e. The third-order valence-electron chi connectivity index (χ3n) is 5.82. The number of likely N-dealkylation sites (tertiary alicyclic amines) is 1. The van der Waals surface area contributed by atoms with Gasteiger partial charge in [0.2, 0.25) is 0 Å². The second kappa shape index (κ2) is 13.0. The fourth-order valence-corrected chi connectivity index (χ4v) is 3.90. The Labute approximate surface area is 228 Å². The van der Waals surface area contributed by atoms with Crippen molar-refractivity contribution >= 4 is 23.8 Å². The molecule has 2 aliphatic rings. The molecule has 0 saturated carbocycles. The van der Waals surface area contributed by atoms with Gasteiger partial charge in [-0.3, -0.25) is 14.6 Å². The molecule has 1 atom stereocenters. The van der Waals surface area contributed by atoms with Crippen LogP contribution < -0.4 is 0 Å². The Morgan fingerprint density at radius 1 is 1.00 bits per heavy atom.